The van der Waals surface area contributed by atoms with Crippen LogP contribution in [-0.4, -0.2) is 15.6 Å². The van der Waals surface area contributed by atoms with Crippen LogP contribution in [0.4, 0.5) is 4.39 Å². The van der Waals surface area contributed by atoms with Crippen molar-refractivity contribution in [1.82, 2.24) is 9.78 Å². The number of hydrogen-bond acceptors (Lipinski definition) is 2. The van der Waals surface area contributed by atoms with Gasteiger partial charge in [0, 0.05) is 12.1 Å². The lowest BCUT2D eigenvalue weighted by molar-refractivity contribution is 0.102. The summed E-state index contributed by atoms with van der Waals surface area (Å²) in [5, 5.41) is 4.35. The Bertz CT molecular complexity index is 622. The van der Waals surface area contributed by atoms with Crippen molar-refractivity contribution in [3.63, 3.8) is 0 Å². The highest BCUT2D eigenvalue weighted by Gasteiger charge is 2.19. The van der Waals surface area contributed by atoms with E-state index in [-0.39, 0.29) is 11.3 Å². The van der Waals surface area contributed by atoms with E-state index in [0.717, 1.165) is 6.42 Å². The maximum Gasteiger partial charge on any atom is 0.212 e. The van der Waals surface area contributed by atoms with Crippen LogP contribution in [0.15, 0.2) is 24.4 Å². The van der Waals surface area contributed by atoms with Crippen molar-refractivity contribution in [2.75, 3.05) is 0 Å². The standard InChI is InChI=1S/C14H14ClFN2O/c1-3-6-18-13(11(15)8-17-18)14(19)10-5-4-9(2)12(16)7-10/h4-5,7-8H,3,6H2,1-2H3. The molecule has 0 bridgehead atoms. The molecule has 0 unspecified atom stereocenters. The summed E-state index contributed by atoms with van der Waals surface area (Å²) in [5.74, 6) is -0.710. The Morgan fingerprint density at radius 2 is 2.21 bits per heavy atom. The lowest BCUT2D eigenvalue weighted by Crippen LogP contribution is -2.12. The maximum atomic E-state index is 13.5. The van der Waals surface area contributed by atoms with Crippen LogP contribution in [0.2, 0.25) is 5.02 Å². The smallest absolute Gasteiger partial charge is 0.212 e. The predicted octanol–water partition coefficient (Wildman–Crippen LogP) is 3.63. The molecule has 100 valence electrons. The van der Waals surface area contributed by atoms with E-state index in [0.29, 0.717) is 22.8 Å². The first-order chi connectivity index (χ1) is 9.04. The van der Waals surface area contributed by atoms with E-state index in [1.165, 1.54) is 12.3 Å². The fourth-order valence-electron chi connectivity index (χ4n) is 1.84. The summed E-state index contributed by atoms with van der Waals surface area (Å²) in [6.45, 7) is 4.23. The average Bonchev–Trinajstić information content (AvgIpc) is 2.74. The number of aryl methyl sites for hydroxylation is 2. The molecule has 0 fully saturated rings. The van der Waals surface area contributed by atoms with Crippen LogP contribution >= 0.6 is 11.6 Å². The summed E-state index contributed by atoms with van der Waals surface area (Å²) in [6, 6.07) is 4.41. The molecule has 0 saturated carbocycles. The first-order valence-electron chi connectivity index (χ1n) is 6.06. The van der Waals surface area contributed by atoms with Gasteiger partial charge in [0.1, 0.15) is 11.5 Å². The van der Waals surface area contributed by atoms with Gasteiger partial charge in [-0.3, -0.25) is 9.48 Å². The molecular weight excluding hydrogens is 267 g/mol. The van der Waals surface area contributed by atoms with Gasteiger partial charge in [-0.25, -0.2) is 4.39 Å². The number of halogens is 2. The molecule has 1 aromatic carbocycles. The first kappa shape index (κ1) is 13.7. The zero-order valence-electron chi connectivity index (χ0n) is 10.8. The first-order valence-corrected chi connectivity index (χ1v) is 6.44. The lowest BCUT2D eigenvalue weighted by atomic mass is 10.1. The third-order valence-corrected chi connectivity index (χ3v) is 3.16. The molecule has 19 heavy (non-hydrogen) atoms. The van der Waals surface area contributed by atoms with Gasteiger partial charge in [-0.2, -0.15) is 5.10 Å². The maximum absolute atomic E-state index is 13.5. The van der Waals surface area contributed by atoms with Crippen molar-refractivity contribution in [1.29, 1.82) is 0 Å². The van der Waals surface area contributed by atoms with Crippen LogP contribution < -0.4 is 0 Å². The Balaban J connectivity index is 2.43. The van der Waals surface area contributed by atoms with E-state index < -0.39 is 5.82 Å². The van der Waals surface area contributed by atoms with Gasteiger partial charge in [-0.05, 0) is 25.0 Å². The van der Waals surface area contributed by atoms with Crippen LogP contribution in [-0.2, 0) is 6.54 Å². The van der Waals surface area contributed by atoms with E-state index in [1.807, 2.05) is 6.92 Å². The van der Waals surface area contributed by atoms with E-state index in [9.17, 15) is 9.18 Å². The van der Waals surface area contributed by atoms with Crippen LogP contribution in [0, 0.1) is 12.7 Å². The Kier molecular flexibility index (Phi) is 4.00. The van der Waals surface area contributed by atoms with Gasteiger partial charge >= 0.3 is 0 Å². The number of hydrogen-bond donors (Lipinski definition) is 0. The molecule has 0 N–H and O–H groups in total. The number of carbonyl (C=O) groups excluding carboxylic acids is 1. The Hall–Kier alpha value is -1.68. The SMILES string of the molecule is CCCn1ncc(Cl)c1C(=O)c1ccc(C)c(F)c1. The number of carbonyl (C=O) groups is 1. The van der Waals surface area contributed by atoms with Crippen molar-refractivity contribution in [2.24, 2.45) is 0 Å². The average molecular weight is 281 g/mol. The monoisotopic (exact) mass is 280 g/mol. The highest BCUT2D eigenvalue weighted by atomic mass is 35.5. The quantitative estimate of drug-likeness (QED) is 0.802. The van der Waals surface area contributed by atoms with Crippen molar-refractivity contribution in [3.05, 3.63) is 52.1 Å². The van der Waals surface area contributed by atoms with Crippen LogP contribution in [0.25, 0.3) is 0 Å². The summed E-state index contributed by atoms with van der Waals surface area (Å²) in [6.07, 6.45) is 2.27. The minimum Gasteiger partial charge on any atom is -0.287 e. The molecule has 1 aromatic heterocycles. The summed E-state index contributed by atoms with van der Waals surface area (Å²) in [4.78, 5) is 12.4. The molecular formula is C14H14ClFN2O. The third kappa shape index (κ3) is 2.68. The third-order valence-electron chi connectivity index (χ3n) is 2.88. The predicted molar refractivity (Wildman–Crippen MR) is 72.1 cm³/mol. The molecule has 0 aliphatic heterocycles. The summed E-state index contributed by atoms with van der Waals surface area (Å²) < 4.78 is 15.1. The van der Waals surface area contributed by atoms with Crippen molar-refractivity contribution in [2.45, 2.75) is 26.8 Å². The summed E-state index contributed by atoms with van der Waals surface area (Å²) in [5.41, 5.74) is 1.10. The molecule has 0 amide bonds. The second-order valence-electron chi connectivity index (χ2n) is 4.36. The number of benzene rings is 1. The molecule has 0 spiro atoms. The second-order valence-corrected chi connectivity index (χ2v) is 4.76. The molecule has 0 saturated heterocycles. The number of nitrogens with zero attached hydrogens (tertiary/aromatic N) is 2. The molecule has 5 heteroatoms. The molecule has 0 atom stereocenters. The number of aromatic nitrogens is 2. The van der Waals surface area contributed by atoms with Crippen LogP contribution in [0.1, 0.15) is 35.0 Å². The number of rotatable bonds is 4. The topological polar surface area (TPSA) is 34.9 Å². The van der Waals surface area contributed by atoms with E-state index in [4.69, 9.17) is 11.6 Å². The lowest BCUT2D eigenvalue weighted by Gasteiger charge is -2.07. The van der Waals surface area contributed by atoms with Crippen molar-refractivity contribution < 1.29 is 9.18 Å². The fraction of sp³-hybridized carbons (Fsp3) is 0.286. The highest BCUT2D eigenvalue weighted by Crippen LogP contribution is 2.20. The van der Waals surface area contributed by atoms with Crippen molar-refractivity contribution >= 4 is 17.4 Å². The molecule has 1 heterocycles. The largest absolute Gasteiger partial charge is 0.287 e. The van der Waals surface area contributed by atoms with Crippen LogP contribution in [0.5, 0.6) is 0 Å². The molecule has 0 aliphatic carbocycles. The molecule has 0 aliphatic rings. The van der Waals surface area contributed by atoms with Gasteiger partial charge in [-0.15, -0.1) is 0 Å². The van der Waals surface area contributed by atoms with Crippen LogP contribution in [0.3, 0.4) is 0 Å². The van der Waals surface area contributed by atoms with Crippen molar-refractivity contribution in [3.8, 4) is 0 Å². The van der Waals surface area contributed by atoms with Gasteiger partial charge in [-0.1, -0.05) is 30.7 Å². The Labute approximate surface area is 116 Å². The van der Waals surface area contributed by atoms with Gasteiger partial charge in [0.2, 0.25) is 5.78 Å². The Morgan fingerprint density at radius 3 is 2.84 bits per heavy atom. The highest BCUT2D eigenvalue weighted by molar-refractivity contribution is 6.34. The van der Waals surface area contributed by atoms with E-state index >= 15 is 0 Å². The minimum atomic E-state index is -0.400. The zero-order chi connectivity index (χ0) is 14.0. The normalized spacial score (nSPS) is 10.7. The molecule has 0 radical (unpaired) electrons. The number of ketones is 1. The zero-order valence-corrected chi connectivity index (χ0v) is 11.5. The fourth-order valence-corrected chi connectivity index (χ4v) is 2.07. The summed E-state index contributed by atoms with van der Waals surface area (Å²) in [7, 11) is 0. The molecule has 2 aromatic rings. The molecule has 3 nitrogen and oxygen atoms in total. The van der Waals surface area contributed by atoms with Gasteiger partial charge < -0.3 is 0 Å². The molecule has 2 rings (SSSR count). The van der Waals surface area contributed by atoms with E-state index in [1.54, 1.807) is 23.7 Å². The van der Waals surface area contributed by atoms with Gasteiger partial charge in [0.25, 0.3) is 0 Å². The minimum absolute atomic E-state index is 0.280. The summed E-state index contributed by atoms with van der Waals surface area (Å²) >= 11 is 6.00. The van der Waals surface area contributed by atoms with E-state index in [2.05, 4.69) is 5.10 Å². The second kappa shape index (κ2) is 5.53. The van der Waals surface area contributed by atoms with Gasteiger partial charge in [0.15, 0.2) is 0 Å². The Morgan fingerprint density at radius 1 is 1.47 bits per heavy atom. The van der Waals surface area contributed by atoms with Gasteiger partial charge in [0.05, 0.1) is 11.2 Å².